The van der Waals surface area contributed by atoms with E-state index in [1.807, 2.05) is 26.0 Å². The summed E-state index contributed by atoms with van der Waals surface area (Å²) in [4.78, 5) is 22.0. The fraction of sp³-hybridized carbons (Fsp3) is 0.440. The zero-order valence-electron chi connectivity index (χ0n) is 20.0. The van der Waals surface area contributed by atoms with Gasteiger partial charge in [-0.05, 0) is 35.4 Å². The van der Waals surface area contributed by atoms with E-state index in [1.54, 1.807) is 24.3 Å². The average Bonchev–Trinajstić information content (AvgIpc) is 2.79. The van der Waals surface area contributed by atoms with Gasteiger partial charge in [-0.1, -0.05) is 49.2 Å². The minimum absolute atomic E-state index is 0.00920. The summed E-state index contributed by atoms with van der Waals surface area (Å²) in [5.41, 5.74) is 1.37. The molecule has 0 aliphatic carbocycles. The summed E-state index contributed by atoms with van der Waals surface area (Å²) in [6.07, 6.45) is -1.55. The summed E-state index contributed by atoms with van der Waals surface area (Å²) in [6.45, 7) is 6.50. The third-order valence-electron chi connectivity index (χ3n) is 5.14. The van der Waals surface area contributed by atoms with Crippen molar-refractivity contribution in [1.82, 2.24) is 0 Å². The lowest BCUT2D eigenvalue weighted by atomic mass is 9.78. The van der Waals surface area contributed by atoms with Crippen LogP contribution in [0.2, 0.25) is 10.0 Å². The quantitative estimate of drug-likeness (QED) is 0.289. The summed E-state index contributed by atoms with van der Waals surface area (Å²) < 4.78 is 21.1. The van der Waals surface area contributed by atoms with Gasteiger partial charge in [0, 0.05) is 19.3 Å². The highest BCUT2D eigenvalue weighted by molar-refractivity contribution is 6.37. The zero-order chi connectivity index (χ0) is 26.2. The van der Waals surface area contributed by atoms with E-state index in [2.05, 4.69) is 0 Å². The van der Waals surface area contributed by atoms with Crippen molar-refractivity contribution in [2.75, 3.05) is 25.7 Å². The van der Waals surface area contributed by atoms with Crippen LogP contribution in [0.5, 0.6) is 11.5 Å². The Morgan fingerprint density at radius 1 is 0.914 bits per heavy atom. The smallest absolute Gasteiger partial charge is 0.303 e. The van der Waals surface area contributed by atoms with Gasteiger partial charge in [-0.2, -0.15) is 0 Å². The molecule has 0 aliphatic rings. The van der Waals surface area contributed by atoms with Crippen molar-refractivity contribution in [3.63, 3.8) is 0 Å². The van der Waals surface area contributed by atoms with E-state index in [0.717, 1.165) is 11.1 Å². The molecule has 0 spiro atoms. The highest BCUT2D eigenvalue weighted by Gasteiger charge is 2.26. The first-order chi connectivity index (χ1) is 16.4. The van der Waals surface area contributed by atoms with Crippen molar-refractivity contribution in [3.8, 4) is 11.5 Å². The fourth-order valence-electron chi connectivity index (χ4n) is 3.17. The molecule has 0 amide bonds. The maximum atomic E-state index is 11.2. The number of aliphatic hydroxyl groups excluding tert-OH is 1. The third-order valence-corrected chi connectivity index (χ3v) is 6.04. The molecule has 0 bridgehead atoms. The van der Waals surface area contributed by atoms with E-state index in [4.69, 9.17) is 53.8 Å². The first kappa shape index (κ1) is 29.0. The Labute approximate surface area is 220 Å². The van der Waals surface area contributed by atoms with E-state index in [1.165, 1.54) is 13.8 Å². The summed E-state index contributed by atoms with van der Waals surface area (Å²) in [5, 5.41) is 10.5. The zero-order valence-corrected chi connectivity index (χ0v) is 22.2. The maximum Gasteiger partial charge on any atom is 0.303 e. The van der Waals surface area contributed by atoms with E-state index in [-0.39, 0.29) is 31.5 Å². The first-order valence-corrected chi connectivity index (χ1v) is 12.1. The number of ether oxygens (including phenoxy) is 4. The number of rotatable bonds is 12. The molecule has 0 heterocycles. The Hall–Kier alpha value is -2.19. The molecular formula is C25H29Cl3O7. The van der Waals surface area contributed by atoms with Gasteiger partial charge < -0.3 is 24.1 Å². The van der Waals surface area contributed by atoms with Crippen LogP contribution in [0.1, 0.15) is 38.8 Å². The number of hydrogen-bond donors (Lipinski definition) is 1. The van der Waals surface area contributed by atoms with Crippen LogP contribution in [0.4, 0.5) is 0 Å². The normalized spacial score (nSPS) is 13.0. The van der Waals surface area contributed by atoms with Crippen molar-refractivity contribution < 1.29 is 33.6 Å². The molecule has 192 valence electrons. The Morgan fingerprint density at radius 2 is 1.51 bits per heavy atom. The largest absolute Gasteiger partial charge is 0.491 e. The average molecular weight is 548 g/mol. The van der Waals surface area contributed by atoms with Crippen LogP contribution in [0.25, 0.3) is 0 Å². The van der Waals surface area contributed by atoms with Crippen molar-refractivity contribution in [2.24, 2.45) is 0 Å². The van der Waals surface area contributed by atoms with Gasteiger partial charge in [0.1, 0.15) is 37.8 Å². The minimum Gasteiger partial charge on any atom is -0.491 e. The number of esters is 2. The fourth-order valence-corrected chi connectivity index (χ4v) is 3.92. The molecule has 0 aliphatic heterocycles. The first-order valence-electron chi connectivity index (χ1n) is 10.8. The van der Waals surface area contributed by atoms with Gasteiger partial charge in [-0.3, -0.25) is 9.59 Å². The summed E-state index contributed by atoms with van der Waals surface area (Å²) >= 11 is 18.8. The molecule has 0 radical (unpaired) electrons. The van der Waals surface area contributed by atoms with Gasteiger partial charge in [-0.15, -0.1) is 11.6 Å². The van der Waals surface area contributed by atoms with E-state index >= 15 is 0 Å². The van der Waals surface area contributed by atoms with Crippen LogP contribution in [-0.2, 0) is 24.5 Å². The molecule has 35 heavy (non-hydrogen) atoms. The van der Waals surface area contributed by atoms with E-state index in [0.29, 0.717) is 15.8 Å². The van der Waals surface area contributed by atoms with Gasteiger partial charge in [0.25, 0.3) is 0 Å². The minimum atomic E-state index is -0.922. The molecule has 7 nitrogen and oxygen atoms in total. The molecular weight excluding hydrogens is 519 g/mol. The van der Waals surface area contributed by atoms with Crippen molar-refractivity contribution >= 4 is 46.7 Å². The Bertz CT molecular complexity index is 986. The Morgan fingerprint density at radius 3 is 2.03 bits per heavy atom. The molecule has 0 fully saturated rings. The van der Waals surface area contributed by atoms with Gasteiger partial charge in [-0.25, -0.2) is 0 Å². The highest BCUT2D eigenvalue weighted by Crippen LogP contribution is 2.40. The second-order valence-electron chi connectivity index (χ2n) is 8.38. The van der Waals surface area contributed by atoms with Crippen molar-refractivity contribution in [1.29, 1.82) is 0 Å². The molecule has 0 aromatic heterocycles. The van der Waals surface area contributed by atoms with Crippen LogP contribution in [0, 0.1) is 0 Å². The maximum absolute atomic E-state index is 11.2. The summed E-state index contributed by atoms with van der Waals surface area (Å²) in [5.74, 6) is 0.00392. The topological polar surface area (TPSA) is 91.3 Å². The SMILES string of the molecule is CC(=O)OC[C@H](O)COc1ccc(C(C)(C)c2cc(Cl)c(OC[C@H](CCl)OC(C)=O)c(Cl)c2)cc1. The number of hydrogen-bond acceptors (Lipinski definition) is 7. The lowest BCUT2D eigenvalue weighted by Crippen LogP contribution is -2.26. The second-order valence-corrected chi connectivity index (χ2v) is 9.51. The van der Waals surface area contributed by atoms with Crippen LogP contribution >= 0.6 is 34.8 Å². The predicted molar refractivity (Wildman–Crippen MR) is 135 cm³/mol. The molecule has 0 saturated heterocycles. The van der Waals surface area contributed by atoms with Gasteiger partial charge >= 0.3 is 11.9 Å². The summed E-state index contributed by atoms with van der Waals surface area (Å²) in [7, 11) is 0. The molecule has 1 N–H and O–H groups in total. The lowest BCUT2D eigenvalue weighted by molar-refractivity contribution is -0.146. The van der Waals surface area contributed by atoms with Crippen LogP contribution in [0.15, 0.2) is 36.4 Å². The van der Waals surface area contributed by atoms with E-state index in [9.17, 15) is 14.7 Å². The second kappa shape index (κ2) is 13.2. The highest BCUT2D eigenvalue weighted by atomic mass is 35.5. The molecule has 2 aromatic rings. The molecule has 2 rings (SSSR count). The van der Waals surface area contributed by atoms with Crippen LogP contribution in [-0.4, -0.2) is 55.0 Å². The molecule has 0 saturated carbocycles. The van der Waals surface area contributed by atoms with Crippen LogP contribution < -0.4 is 9.47 Å². The van der Waals surface area contributed by atoms with Gasteiger partial charge in [0.15, 0.2) is 5.75 Å². The number of benzene rings is 2. The van der Waals surface area contributed by atoms with Crippen molar-refractivity contribution in [3.05, 3.63) is 57.6 Å². The summed E-state index contributed by atoms with van der Waals surface area (Å²) in [6, 6.07) is 10.9. The molecule has 2 atom stereocenters. The molecule has 10 heteroatoms. The van der Waals surface area contributed by atoms with Crippen molar-refractivity contribution in [2.45, 2.75) is 45.3 Å². The third kappa shape index (κ3) is 8.76. The number of carbonyl (C=O) groups is 2. The number of halogens is 3. The number of carbonyl (C=O) groups excluding carboxylic acids is 2. The Kier molecular flexibility index (Phi) is 11.0. The molecule has 0 unspecified atom stereocenters. The van der Waals surface area contributed by atoms with E-state index < -0.39 is 29.6 Å². The van der Waals surface area contributed by atoms with Gasteiger partial charge in [0.05, 0.1) is 15.9 Å². The van der Waals surface area contributed by atoms with Gasteiger partial charge in [0.2, 0.25) is 0 Å². The van der Waals surface area contributed by atoms with Crippen LogP contribution in [0.3, 0.4) is 0 Å². The number of alkyl halides is 1. The monoisotopic (exact) mass is 546 g/mol. The lowest BCUT2D eigenvalue weighted by Gasteiger charge is -2.27. The predicted octanol–water partition coefficient (Wildman–Crippen LogP) is 5.17. The molecule has 2 aromatic carbocycles. The number of aliphatic hydroxyl groups is 1. The Balaban J connectivity index is 2.09. The standard InChI is InChI=1S/C25H29Cl3O7/c1-15(29)32-12-19(31)13-33-20-7-5-17(6-8-20)25(3,4)18-9-22(27)24(23(28)10-18)34-14-21(11-26)35-16(2)30/h5-10,19,21,31H,11-14H2,1-4H3/t19-,21-/m0/s1.